The fourth-order valence-electron chi connectivity index (χ4n) is 6.43. The van der Waals surface area contributed by atoms with E-state index in [0.29, 0.717) is 49.4 Å². The molecule has 1 aromatic heterocycles. The first-order valence-corrected chi connectivity index (χ1v) is 16.9. The molecule has 17 heteroatoms. The zero-order valence-corrected chi connectivity index (χ0v) is 28.1. The molecule has 3 aliphatic heterocycles. The van der Waals surface area contributed by atoms with Crippen molar-refractivity contribution in [1.29, 1.82) is 0 Å². The number of anilines is 3. The first-order chi connectivity index (χ1) is 25.1. The zero-order chi connectivity index (χ0) is 36.8. The molecule has 2 saturated heterocycles. The van der Waals surface area contributed by atoms with Crippen LogP contribution in [-0.4, -0.2) is 108 Å². The number of rotatable bonds is 13. The molecule has 6 N–H and O–H groups in total. The van der Waals surface area contributed by atoms with Gasteiger partial charge in [-0.3, -0.25) is 39.0 Å². The molecule has 0 spiro atoms. The van der Waals surface area contributed by atoms with Crippen LogP contribution in [0.3, 0.4) is 0 Å². The average molecular weight is 715 g/mol. The Balaban J connectivity index is 0.869. The van der Waals surface area contributed by atoms with Gasteiger partial charge >= 0.3 is 0 Å². The van der Waals surface area contributed by atoms with Gasteiger partial charge < -0.3 is 35.8 Å². The van der Waals surface area contributed by atoms with Crippen LogP contribution in [0.1, 0.15) is 46.4 Å². The second-order valence-electron chi connectivity index (χ2n) is 12.5. The van der Waals surface area contributed by atoms with E-state index >= 15 is 0 Å². The van der Waals surface area contributed by atoms with E-state index in [0.717, 1.165) is 4.90 Å². The van der Waals surface area contributed by atoms with Crippen LogP contribution in [0, 0.1) is 5.92 Å². The quantitative estimate of drug-likeness (QED) is 0.122. The van der Waals surface area contributed by atoms with Crippen molar-refractivity contribution < 1.29 is 43.3 Å². The number of nitrogens with two attached hydrogens (primary N) is 1. The van der Waals surface area contributed by atoms with Crippen molar-refractivity contribution in [3.63, 3.8) is 0 Å². The largest absolute Gasteiger partial charge is 0.507 e. The summed E-state index contributed by atoms with van der Waals surface area (Å²) in [6, 6.07) is 12.0. The molecule has 17 nitrogen and oxygen atoms in total. The molecule has 4 heterocycles. The van der Waals surface area contributed by atoms with Gasteiger partial charge in [0.25, 0.3) is 11.8 Å². The van der Waals surface area contributed by atoms with E-state index in [1.807, 2.05) is 0 Å². The van der Waals surface area contributed by atoms with Gasteiger partial charge in [-0.15, -0.1) is 10.2 Å². The lowest BCUT2D eigenvalue weighted by Gasteiger charge is -2.33. The van der Waals surface area contributed by atoms with E-state index in [9.17, 15) is 33.9 Å². The maximum atomic E-state index is 13.2. The second kappa shape index (κ2) is 15.9. The number of carbonyl (C=O) groups excluding carboxylic acids is 6. The van der Waals surface area contributed by atoms with Gasteiger partial charge in [-0.2, -0.15) is 0 Å². The number of para-hydroxylation sites is 1. The summed E-state index contributed by atoms with van der Waals surface area (Å²) in [6.45, 7) is 1.64. The Hall–Kier alpha value is -5.94. The SMILES string of the molecule is Nc1nnc(-c2ccccc2O)cc1N1CCC(C(=O)NCCOCCOCC(=O)Nc2cccc3c2C(=O)N(C2CCC(=O)NC2=O)C3=O)CC1. The summed E-state index contributed by atoms with van der Waals surface area (Å²) in [5.41, 5.74) is 8.00. The van der Waals surface area contributed by atoms with Crippen LogP contribution in [0.25, 0.3) is 11.3 Å². The van der Waals surface area contributed by atoms with Gasteiger partial charge in [0.1, 0.15) is 18.4 Å². The van der Waals surface area contributed by atoms with Crippen LogP contribution in [-0.2, 0) is 28.7 Å². The van der Waals surface area contributed by atoms with Crippen molar-refractivity contribution in [1.82, 2.24) is 25.7 Å². The van der Waals surface area contributed by atoms with Crippen molar-refractivity contribution in [3.05, 3.63) is 59.7 Å². The third-order valence-corrected chi connectivity index (χ3v) is 9.08. The lowest BCUT2D eigenvalue weighted by molar-refractivity contribution is -0.136. The smallest absolute Gasteiger partial charge is 0.264 e. The number of ether oxygens (including phenoxy) is 2. The van der Waals surface area contributed by atoms with Crippen molar-refractivity contribution >= 4 is 52.6 Å². The van der Waals surface area contributed by atoms with Gasteiger partial charge in [-0.1, -0.05) is 18.2 Å². The number of benzene rings is 2. The van der Waals surface area contributed by atoms with Crippen LogP contribution < -0.4 is 26.6 Å². The van der Waals surface area contributed by atoms with E-state index in [1.54, 1.807) is 30.3 Å². The minimum atomic E-state index is -1.12. The summed E-state index contributed by atoms with van der Waals surface area (Å²) in [6.07, 6.45) is 1.25. The summed E-state index contributed by atoms with van der Waals surface area (Å²) >= 11 is 0. The fourth-order valence-corrected chi connectivity index (χ4v) is 6.43. The molecule has 0 radical (unpaired) electrons. The number of piperidine rings is 2. The van der Waals surface area contributed by atoms with Gasteiger partial charge in [-0.05, 0) is 49.6 Å². The molecule has 0 aliphatic carbocycles. The molecule has 6 amide bonds. The Kier molecular flexibility index (Phi) is 11.0. The van der Waals surface area contributed by atoms with Crippen molar-refractivity contribution in [2.75, 3.05) is 62.0 Å². The number of phenolic OH excluding ortho intramolecular Hbond substituents is 1. The predicted molar refractivity (Wildman–Crippen MR) is 185 cm³/mol. The lowest BCUT2D eigenvalue weighted by Crippen LogP contribution is -2.54. The zero-order valence-electron chi connectivity index (χ0n) is 28.1. The number of nitrogens with zero attached hydrogens (tertiary/aromatic N) is 4. The highest BCUT2D eigenvalue weighted by molar-refractivity contribution is 6.26. The summed E-state index contributed by atoms with van der Waals surface area (Å²) in [7, 11) is 0. The molecule has 0 saturated carbocycles. The van der Waals surface area contributed by atoms with Crippen molar-refractivity contribution in [2.45, 2.75) is 31.7 Å². The third kappa shape index (κ3) is 7.84. The van der Waals surface area contributed by atoms with Gasteiger partial charge in [0, 0.05) is 37.5 Å². The molecule has 0 bridgehead atoms. The number of nitrogens with one attached hydrogen (secondary N) is 3. The molecule has 6 rings (SSSR count). The van der Waals surface area contributed by atoms with E-state index in [2.05, 4.69) is 31.0 Å². The Morgan fingerprint density at radius 2 is 1.67 bits per heavy atom. The molecular weight excluding hydrogens is 676 g/mol. The van der Waals surface area contributed by atoms with Crippen LogP contribution >= 0.6 is 0 Å². The van der Waals surface area contributed by atoms with E-state index in [-0.39, 0.29) is 79.5 Å². The first kappa shape index (κ1) is 35.9. The minimum absolute atomic E-state index is 0.00274. The average Bonchev–Trinajstić information content (AvgIpc) is 3.39. The molecule has 2 fully saturated rings. The summed E-state index contributed by atoms with van der Waals surface area (Å²) in [5.74, 6) is -3.04. The van der Waals surface area contributed by atoms with Gasteiger partial charge in [0.2, 0.25) is 23.6 Å². The summed E-state index contributed by atoms with van der Waals surface area (Å²) in [5, 5.41) is 26.0. The number of amides is 6. The molecule has 1 atom stereocenters. The van der Waals surface area contributed by atoms with Crippen molar-refractivity contribution in [2.24, 2.45) is 5.92 Å². The Labute approximate surface area is 297 Å². The van der Waals surface area contributed by atoms with Crippen molar-refractivity contribution in [3.8, 4) is 17.0 Å². The van der Waals surface area contributed by atoms with E-state index in [1.165, 1.54) is 18.2 Å². The molecule has 3 aromatic rings. The number of hydrogen-bond donors (Lipinski definition) is 5. The predicted octanol–water partition coefficient (Wildman–Crippen LogP) is 0.837. The molecular formula is C35H38N8O9. The maximum absolute atomic E-state index is 13.2. The third-order valence-electron chi connectivity index (χ3n) is 9.08. The summed E-state index contributed by atoms with van der Waals surface area (Å²) < 4.78 is 10.9. The number of aromatic hydroxyl groups is 1. The first-order valence-electron chi connectivity index (χ1n) is 16.9. The topological polar surface area (TPSA) is 235 Å². The highest BCUT2D eigenvalue weighted by Crippen LogP contribution is 2.34. The Bertz CT molecular complexity index is 1900. The van der Waals surface area contributed by atoms with Gasteiger partial charge in [0.05, 0.1) is 48.0 Å². The Morgan fingerprint density at radius 1 is 0.923 bits per heavy atom. The van der Waals surface area contributed by atoms with Gasteiger partial charge in [0.15, 0.2) is 5.82 Å². The number of nitrogen functional groups attached to an aromatic ring is 1. The second-order valence-corrected chi connectivity index (χ2v) is 12.5. The minimum Gasteiger partial charge on any atom is -0.507 e. The number of fused-ring (bicyclic) bond motifs is 1. The molecule has 2 aromatic carbocycles. The van der Waals surface area contributed by atoms with Crippen LogP contribution in [0.4, 0.5) is 17.2 Å². The molecule has 272 valence electrons. The lowest BCUT2D eigenvalue weighted by atomic mass is 9.95. The number of phenols is 1. The number of carbonyl (C=O) groups is 6. The van der Waals surface area contributed by atoms with Crippen LogP contribution in [0.2, 0.25) is 0 Å². The highest BCUT2D eigenvalue weighted by Gasteiger charge is 2.45. The van der Waals surface area contributed by atoms with E-state index < -0.39 is 35.6 Å². The molecule has 52 heavy (non-hydrogen) atoms. The van der Waals surface area contributed by atoms with Crippen LogP contribution in [0.5, 0.6) is 5.75 Å². The summed E-state index contributed by atoms with van der Waals surface area (Å²) in [4.78, 5) is 78.3. The maximum Gasteiger partial charge on any atom is 0.264 e. The fraction of sp³-hybridized carbons (Fsp3) is 0.371. The standard InChI is InChI=1S/C35H38N8O9/c36-31-26(18-24(40-41-31)21-4-1-2-7-27(21)44)42-13-10-20(11-14-42)32(47)37-12-15-51-16-17-52-19-29(46)38-23-6-3-5-22-30(23)35(50)43(34(22)49)25-8-9-28(45)39-33(25)48/h1-7,18,20,25,44H,8-17,19H2,(H2,36,41)(H,37,47)(H,38,46)(H,39,45,48). The molecule has 3 aliphatic rings. The van der Waals surface area contributed by atoms with Gasteiger partial charge in [-0.25, -0.2) is 0 Å². The number of aromatic nitrogens is 2. The Morgan fingerprint density at radius 3 is 2.44 bits per heavy atom. The van der Waals surface area contributed by atoms with Crippen LogP contribution in [0.15, 0.2) is 48.5 Å². The number of hydrogen-bond acceptors (Lipinski definition) is 13. The normalized spacial score (nSPS) is 17.6. The highest BCUT2D eigenvalue weighted by atomic mass is 16.5. The number of imide groups is 2. The van der Waals surface area contributed by atoms with E-state index in [4.69, 9.17) is 15.2 Å². The molecule has 1 unspecified atom stereocenters. The monoisotopic (exact) mass is 714 g/mol.